The van der Waals surface area contributed by atoms with E-state index in [0.717, 1.165) is 9.86 Å². The number of hydrogen-bond donors (Lipinski definition) is 0. The van der Waals surface area contributed by atoms with Crippen molar-refractivity contribution >= 4 is 32.8 Å². The fourth-order valence-electron chi connectivity index (χ4n) is 1.41. The summed E-state index contributed by atoms with van der Waals surface area (Å²) >= 11 is 3.33. The maximum Gasteiger partial charge on any atom is 0.340 e. The summed E-state index contributed by atoms with van der Waals surface area (Å²) in [5.41, 5.74) is 1.15. The van der Waals surface area contributed by atoms with Crippen molar-refractivity contribution in [3.8, 4) is 0 Å². The van der Waals surface area contributed by atoms with Gasteiger partial charge in [-0.2, -0.15) is 0 Å². The van der Waals surface area contributed by atoms with Crippen LogP contribution >= 0.6 is 15.9 Å². The number of halogens is 1. The van der Waals surface area contributed by atoms with E-state index in [1.807, 2.05) is 18.2 Å². The molecule has 0 aliphatic rings. The van der Waals surface area contributed by atoms with Gasteiger partial charge in [0.05, 0.1) is 18.2 Å². The molecule has 0 saturated carbocycles. The first kappa shape index (κ1) is 10.1. The van der Waals surface area contributed by atoms with Gasteiger partial charge in [-0.05, 0) is 28.1 Å². The van der Waals surface area contributed by atoms with Crippen LogP contribution in [-0.2, 0) is 4.74 Å². The second kappa shape index (κ2) is 3.98. The van der Waals surface area contributed by atoms with Crippen LogP contribution in [0.3, 0.4) is 0 Å². The normalized spacial score (nSPS) is 10.3. The third kappa shape index (κ3) is 1.85. The number of pyridine rings is 1. The number of nitrogens with zero attached hydrogens (tertiary/aromatic N) is 1. The van der Waals surface area contributed by atoms with E-state index in [0.29, 0.717) is 11.1 Å². The van der Waals surface area contributed by atoms with Gasteiger partial charge in [-0.1, -0.05) is 12.1 Å². The monoisotopic (exact) mass is 265 g/mol. The maximum absolute atomic E-state index is 11.4. The zero-order valence-corrected chi connectivity index (χ0v) is 9.61. The van der Waals surface area contributed by atoms with Gasteiger partial charge in [0.15, 0.2) is 0 Å². The van der Waals surface area contributed by atoms with E-state index >= 15 is 0 Å². The van der Waals surface area contributed by atoms with Crippen molar-refractivity contribution in [2.24, 2.45) is 0 Å². The highest BCUT2D eigenvalue weighted by Gasteiger charge is 2.10. The molecular formula is C11H8BrNO2. The van der Waals surface area contributed by atoms with Crippen molar-refractivity contribution < 1.29 is 9.53 Å². The van der Waals surface area contributed by atoms with Gasteiger partial charge in [0.1, 0.15) is 0 Å². The van der Waals surface area contributed by atoms with E-state index in [1.54, 1.807) is 12.3 Å². The molecule has 2 rings (SSSR count). The van der Waals surface area contributed by atoms with E-state index in [1.165, 1.54) is 7.11 Å². The molecule has 0 amide bonds. The smallest absolute Gasteiger partial charge is 0.340 e. The molecule has 0 unspecified atom stereocenters. The van der Waals surface area contributed by atoms with Crippen LogP contribution in [0, 0.1) is 0 Å². The third-order valence-corrected chi connectivity index (χ3v) is 2.52. The highest BCUT2D eigenvalue weighted by atomic mass is 79.9. The Hall–Kier alpha value is -1.42. The average molecular weight is 266 g/mol. The van der Waals surface area contributed by atoms with Gasteiger partial charge in [-0.3, -0.25) is 4.98 Å². The Bertz CT molecular complexity index is 525. The van der Waals surface area contributed by atoms with Gasteiger partial charge in [0, 0.05) is 16.1 Å². The Balaban J connectivity index is 2.71. The fourth-order valence-corrected chi connectivity index (χ4v) is 1.76. The minimum Gasteiger partial charge on any atom is -0.465 e. The van der Waals surface area contributed by atoms with Gasteiger partial charge in [-0.25, -0.2) is 4.79 Å². The van der Waals surface area contributed by atoms with Crippen LogP contribution in [0.5, 0.6) is 0 Å². The summed E-state index contributed by atoms with van der Waals surface area (Å²) in [4.78, 5) is 15.6. The summed E-state index contributed by atoms with van der Waals surface area (Å²) in [5.74, 6) is -0.365. The summed E-state index contributed by atoms with van der Waals surface area (Å²) in [5, 5.41) is 0.910. The van der Waals surface area contributed by atoms with Crippen LogP contribution in [0.1, 0.15) is 10.4 Å². The summed E-state index contributed by atoms with van der Waals surface area (Å²) in [6.07, 6.45) is 1.66. The van der Waals surface area contributed by atoms with Crippen LogP contribution in [0.25, 0.3) is 10.9 Å². The molecule has 76 valence electrons. The lowest BCUT2D eigenvalue weighted by molar-refractivity contribution is 0.0603. The third-order valence-electron chi connectivity index (χ3n) is 2.08. The van der Waals surface area contributed by atoms with E-state index in [-0.39, 0.29) is 5.97 Å². The summed E-state index contributed by atoms with van der Waals surface area (Å²) in [6.45, 7) is 0. The Morgan fingerprint density at radius 1 is 1.47 bits per heavy atom. The molecule has 0 spiro atoms. The molecule has 3 nitrogen and oxygen atoms in total. The second-order valence-corrected chi connectivity index (χ2v) is 3.94. The molecule has 0 radical (unpaired) electrons. The standard InChI is InChI=1S/C11H8BrNO2/c1-15-11(14)9-4-2-3-7-5-8(12)6-13-10(7)9/h2-6H,1H3. The average Bonchev–Trinajstić information content (AvgIpc) is 2.26. The van der Waals surface area contributed by atoms with Crippen molar-refractivity contribution in [2.45, 2.75) is 0 Å². The zero-order chi connectivity index (χ0) is 10.8. The zero-order valence-electron chi connectivity index (χ0n) is 8.03. The van der Waals surface area contributed by atoms with Crippen molar-refractivity contribution in [3.05, 3.63) is 40.5 Å². The molecule has 1 aromatic heterocycles. The quantitative estimate of drug-likeness (QED) is 0.745. The summed E-state index contributed by atoms with van der Waals surface area (Å²) in [6, 6.07) is 7.33. The number of methoxy groups -OCH3 is 1. The molecule has 0 atom stereocenters. The van der Waals surface area contributed by atoms with Gasteiger partial charge in [0.2, 0.25) is 0 Å². The van der Waals surface area contributed by atoms with Crippen LogP contribution in [0.15, 0.2) is 34.9 Å². The van der Waals surface area contributed by atoms with Crippen LogP contribution in [0.4, 0.5) is 0 Å². The molecule has 0 aliphatic heterocycles. The Morgan fingerprint density at radius 3 is 3.00 bits per heavy atom. The lowest BCUT2D eigenvalue weighted by Crippen LogP contribution is -2.02. The maximum atomic E-state index is 11.4. The fraction of sp³-hybridized carbons (Fsp3) is 0.0909. The first-order valence-corrected chi connectivity index (χ1v) is 5.14. The molecule has 1 heterocycles. The van der Waals surface area contributed by atoms with Crippen LogP contribution in [0.2, 0.25) is 0 Å². The molecular weight excluding hydrogens is 258 g/mol. The number of carbonyl (C=O) groups excluding carboxylic acids is 1. The molecule has 15 heavy (non-hydrogen) atoms. The van der Waals surface area contributed by atoms with Gasteiger partial charge < -0.3 is 4.74 Å². The number of esters is 1. The van der Waals surface area contributed by atoms with Gasteiger partial charge in [-0.15, -0.1) is 0 Å². The van der Waals surface area contributed by atoms with E-state index in [4.69, 9.17) is 0 Å². The number of aromatic nitrogens is 1. The topological polar surface area (TPSA) is 39.2 Å². The number of benzene rings is 1. The van der Waals surface area contributed by atoms with Crippen molar-refractivity contribution in [1.29, 1.82) is 0 Å². The molecule has 0 bridgehead atoms. The number of rotatable bonds is 1. The summed E-state index contributed by atoms with van der Waals surface area (Å²) in [7, 11) is 1.36. The van der Waals surface area contributed by atoms with Crippen LogP contribution in [-0.4, -0.2) is 18.1 Å². The number of fused-ring (bicyclic) bond motifs is 1. The molecule has 0 aliphatic carbocycles. The number of carbonyl (C=O) groups is 1. The van der Waals surface area contributed by atoms with Crippen molar-refractivity contribution in [2.75, 3.05) is 7.11 Å². The predicted octanol–water partition coefficient (Wildman–Crippen LogP) is 2.78. The highest BCUT2D eigenvalue weighted by molar-refractivity contribution is 9.10. The molecule has 4 heteroatoms. The molecule has 0 N–H and O–H groups in total. The van der Waals surface area contributed by atoms with E-state index in [9.17, 15) is 4.79 Å². The first-order valence-electron chi connectivity index (χ1n) is 4.35. The molecule has 2 aromatic rings. The Morgan fingerprint density at radius 2 is 2.27 bits per heavy atom. The van der Waals surface area contributed by atoms with Crippen molar-refractivity contribution in [1.82, 2.24) is 4.98 Å². The number of para-hydroxylation sites is 1. The molecule has 1 aromatic carbocycles. The van der Waals surface area contributed by atoms with Crippen molar-refractivity contribution in [3.63, 3.8) is 0 Å². The number of ether oxygens (including phenoxy) is 1. The first-order chi connectivity index (χ1) is 7.22. The Kier molecular flexibility index (Phi) is 2.68. The minimum absolute atomic E-state index is 0.365. The largest absolute Gasteiger partial charge is 0.465 e. The molecule has 0 saturated heterocycles. The Labute approximate surface area is 95.2 Å². The van der Waals surface area contributed by atoms with E-state index in [2.05, 4.69) is 25.7 Å². The lowest BCUT2D eigenvalue weighted by Gasteiger charge is -2.03. The molecule has 0 fully saturated rings. The second-order valence-electron chi connectivity index (χ2n) is 3.02. The lowest BCUT2D eigenvalue weighted by atomic mass is 10.1. The SMILES string of the molecule is COC(=O)c1cccc2cc(Br)cnc12. The highest BCUT2D eigenvalue weighted by Crippen LogP contribution is 2.20. The van der Waals surface area contributed by atoms with Gasteiger partial charge in [0.25, 0.3) is 0 Å². The number of hydrogen-bond acceptors (Lipinski definition) is 3. The summed E-state index contributed by atoms with van der Waals surface area (Å²) < 4.78 is 5.57. The predicted molar refractivity (Wildman–Crippen MR) is 60.8 cm³/mol. The van der Waals surface area contributed by atoms with E-state index < -0.39 is 0 Å². The minimum atomic E-state index is -0.365. The van der Waals surface area contributed by atoms with Gasteiger partial charge >= 0.3 is 5.97 Å². The van der Waals surface area contributed by atoms with Crippen LogP contribution < -0.4 is 0 Å².